The summed E-state index contributed by atoms with van der Waals surface area (Å²) in [6.07, 6.45) is 10.7. The molecule has 0 saturated heterocycles. The molecule has 1 aromatic carbocycles. The van der Waals surface area contributed by atoms with Crippen molar-refractivity contribution >= 4 is 12.0 Å². The Labute approximate surface area is 187 Å². The highest BCUT2D eigenvalue weighted by atomic mass is 16.5. The fraction of sp³-hybridized carbons (Fsp3) is 0.640. The number of benzene rings is 1. The van der Waals surface area contributed by atoms with Gasteiger partial charge in [-0.1, -0.05) is 45.4 Å². The van der Waals surface area contributed by atoms with Crippen LogP contribution in [0.3, 0.4) is 0 Å². The van der Waals surface area contributed by atoms with Gasteiger partial charge in [0.1, 0.15) is 0 Å². The fourth-order valence-corrected chi connectivity index (χ4v) is 3.69. The summed E-state index contributed by atoms with van der Waals surface area (Å²) in [5.41, 5.74) is 2.15. The van der Waals surface area contributed by atoms with Crippen LogP contribution in [-0.2, 0) is 9.53 Å². The van der Waals surface area contributed by atoms with E-state index in [1.165, 1.54) is 32.1 Å². The number of carbonyl (C=O) groups excluding carboxylic acids is 1. The minimum Gasteiger partial charge on any atom is -0.492 e. The first kappa shape index (κ1) is 26.7. The maximum atomic E-state index is 12.7. The number of rotatable bonds is 15. The molecule has 0 N–H and O–H groups in total. The summed E-state index contributed by atoms with van der Waals surface area (Å²) in [6.45, 7) is 6.27. The molecule has 0 aliphatic heterocycles. The smallest absolute Gasteiger partial charge is 0.334 e. The first-order valence-corrected chi connectivity index (χ1v) is 11.2. The lowest BCUT2D eigenvalue weighted by Crippen LogP contribution is -2.09. The van der Waals surface area contributed by atoms with Crippen molar-refractivity contribution in [1.29, 1.82) is 0 Å². The molecule has 1 aromatic rings. The van der Waals surface area contributed by atoms with Gasteiger partial charge in [0, 0.05) is 16.7 Å². The Morgan fingerprint density at radius 1 is 0.742 bits per heavy atom. The summed E-state index contributed by atoms with van der Waals surface area (Å²) in [4.78, 5) is 12.7. The number of methoxy groups -OCH3 is 4. The molecule has 6 heteroatoms. The lowest BCUT2D eigenvalue weighted by atomic mass is 9.98. The van der Waals surface area contributed by atoms with Crippen molar-refractivity contribution in [3.8, 4) is 23.0 Å². The standard InChI is InChI=1S/C25H40O6/c1-8-10-11-12-13-14-15-16-19(25(26)31-9-2)17-20-18(3)21(27-4)23(29-6)24(30-7)22(20)28-5/h17H,8-16H2,1-7H3. The first-order valence-electron chi connectivity index (χ1n) is 11.2. The molecule has 31 heavy (non-hydrogen) atoms. The van der Waals surface area contributed by atoms with E-state index in [0.717, 1.165) is 24.0 Å². The molecule has 1 rings (SSSR count). The molecule has 0 heterocycles. The highest BCUT2D eigenvalue weighted by Crippen LogP contribution is 2.50. The van der Waals surface area contributed by atoms with Crippen molar-refractivity contribution in [1.82, 2.24) is 0 Å². The topological polar surface area (TPSA) is 63.2 Å². The van der Waals surface area contributed by atoms with E-state index in [1.807, 2.05) is 19.9 Å². The van der Waals surface area contributed by atoms with Crippen LogP contribution >= 0.6 is 0 Å². The summed E-state index contributed by atoms with van der Waals surface area (Å²) < 4.78 is 27.6. The minimum absolute atomic E-state index is 0.302. The van der Waals surface area contributed by atoms with E-state index < -0.39 is 0 Å². The SMILES string of the molecule is CCCCCCCCCC(=Cc1c(C)c(OC)c(OC)c(OC)c1OC)C(=O)OCC. The van der Waals surface area contributed by atoms with Crippen LogP contribution in [-0.4, -0.2) is 41.0 Å². The molecule has 0 fully saturated rings. The van der Waals surface area contributed by atoms with Crippen LogP contribution in [0.1, 0.15) is 76.3 Å². The zero-order valence-electron chi connectivity index (χ0n) is 20.4. The molecular weight excluding hydrogens is 396 g/mol. The second kappa shape index (κ2) is 14.6. The number of hydrogen-bond donors (Lipinski definition) is 0. The Hall–Kier alpha value is -2.37. The van der Waals surface area contributed by atoms with Crippen LogP contribution in [0.5, 0.6) is 23.0 Å². The van der Waals surface area contributed by atoms with Gasteiger partial charge in [0.2, 0.25) is 11.5 Å². The third-order valence-corrected chi connectivity index (χ3v) is 5.33. The Balaban J connectivity index is 3.27. The summed E-state index contributed by atoms with van der Waals surface area (Å²) in [5.74, 6) is 1.63. The number of unbranched alkanes of at least 4 members (excludes halogenated alkanes) is 6. The van der Waals surface area contributed by atoms with E-state index >= 15 is 0 Å². The Morgan fingerprint density at radius 3 is 1.77 bits per heavy atom. The third-order valence-electron chi connectivity index (χ3n) is 5.33. The molecule has 6 nitrogen and oxygen atoms in total. The van der Waals surface area contributed by atoms with Crippen LogP contribution in [0.4, 0.5) is 0 Å². The predicted molar refractivity (Wildman–Crippen MR) is 125 cm³/mol. The highest BCUT2D eigenvalue weighted by molar-refractivity contribution is 5.95. The van der Waals surface area contributed by atoms with Crippen LogP contribution in [0.2, 0.25) is 0 Å². The average molecular weight is 437 g/mol. The molecule has 0 unspecified atom stereocenters. The highest BCUT2D eigenvalue weighted by Gasteiger charge is 2.25. The lowest BCUT2D eigenvalue weighted by molar-refractivity contribution is -0.138. The summed E-state index contributed by atoms with van der Waals surface area (Å²) in [5, 5.41) is 0. The summed E-state index contributed by atoms with van der Waals surface area (Å²) in [6, 6.07) is 0. The van der Waals surface area contributed by atoms with E-state index in [9.17, 15) is 4.79 Å². The molecule has 0 radical (unpaired) electrons. The first-order chi connectivity index (χ1) is 15.0. The molecule has 0 atom stereocenters. The number of ether oxygens (including phenoxy) is 5. The van der Waals surface area contributed by atoms with E-state index in [0.29, 0.717) is 41.6 Å². The van der Waals surface area contributed by atoms with Gasteiger partial charge in [-0.2, -0.15) is 0 Å². The number of esters is 1. The van der Waals surface area contributed by atoms with Crippen molar-refractivity contribution in [2.45, 2.75) is 72.1 Å². The second-order valence-electron chi connectivity index (χ2n) is 7.43. The summed E-state index contributed by atoms with van der Waals surface area (Å²) >= 11 is 0. The largest absolute Gasteiger partial charge is 0.492 e. The zero-order valence-corrected chi connectivity index (χ0v) is 20.4. The van der Waals surface area contributed by atoms with Gasteiger partial charge in [0.05, 0.1) is 35.0 Å². The van der Waals surface area contributed by atoms with Gasteiger partial charge in [-0.15, -0.1) is 0 Å². The van der Waals surface area contributed by atoms with Crippen molar-refractivity contribution < 1.29 is 28.5 Å². The van der Waals surface area contributed by atoms with E-state index in [4.69, 9.17) is 23.7 Å². The maximum Gasteiger partial charge on any atom is 0.334 e. The van der Waals surface area contributed by atoms with Crippen molar-refractivity contribution in [3.05, 3.63) is 16.7 Å². The lowest BCUT2D eigenvalue weighted by Gasteiger charge is -2.20. The molecule has 0 bridgehead atoms. The molecule has 0 aliphatic rings. The van der Waals surface area contributed by atoms with E-state index in [1.54, 1.807) is 28.4 Å². The zero-order chi connectivity index (χ0) is 23.2. The second-order valence-corrected chi connectivity index (χ2v) is 7.43. The molecule has 0 spiro atoms. The maximum absolute atomic E-state index is 12.7. The minimum atomic E-state index is -0.302. The molecule has 0 aliphatic carbocycles. The number of hydrogen-bond acceptors (Lipinski definition) is 6. The quantitative estimate of drug-likeness (QED) is 0.188. The van der Waals surface area contributed by atoms with Gasteiger partial charge in [-0.25, -0.2) is 4.79 Å². The van der Waals surface area contributed by atoms with Crippen LogP contribution in [0.25, 0.3) is 6.08 Å². The van der Waals surface area contributed by atoms with Gasteiger partial charge in [-0.3, -0.25) is 0 Å². The van der Waals surface area contributed by atoms with E-state index in [-0.39, 0.29) is 5.97 Å². The molecule has 0 amide bonds. The predicted octanol–water partition coefficient (Wildman–Crippen LogP) is 6.12. The van der Waals surface area contributed by atoms with Crippen molar-refractivity contribution in [2.75, 3.05) is 35.0 Å². The Morgan fingerprint density at radius 2 is 1.26 bits per heavy atom. The molecular formula is C25H40O6. The Kier molecular flexibility index (Phi) is 12.6. The summed E-state index contributed by atoms with van der Waals surface area (Å²) in [7, 11) is 6.25. The molecule has 0 aromatic heterocycles. The average Bonchev–Trinajstić information content (AvgIpc) is 2.77. The normalized spacial score (nSPS) is 11.3. The van der Waals surface area contributed by atoms with Crippen LogP contribution in [0, 0.1) is 6.92 Å². The van der Waals surface area contributed by atoms with Crippen LogP contribution in [0.15, 0.2) is 5.57 Å². The van der Waals surface area contributed by atoms with Crippen molar-refractivity contribution in [2.24, 2.45) is 0 Å². The Bertz CT molecular complexity index is 723. The fourth-order valence-electron chi connectivity index (χ4n) is 3.69. The monoisotopic (exact) mass is 436 g/mol. The van der Waals surface area contributed by atoms with Gasteiger partial charge in [0.25, 0.3) is 0 Å². The third kappa shape index (κ3) is 7.37. The molecule has 176 valence electrons. The van der Waals surface area contributed by atoms with Gasteiger partial charge >= 0.3 is 5.97 Å². The van der Waals surface area contributed by atoms with Crippen LogP contribution < -0.4 is 18.9 Å². The van der Waals surface area contributed by atoms with Gasteiger partial charge < -0.3 is 23.7 Å². The van der Waals surface area contributed by atoms with Crippen molar-refractivity contribution in [3.63, 3.8) is 0 Å². The van der Waals surface area contributed by atoms with E-state index in [2.05, 4.69) is 6.92 Å². The number of carbonyl (C=O) groups is 1. The molecule has 0 saturated carbocycles. The van der Waals surface area contributed by atoms with Gasteiger partial charge in [-0.05, 0) is 32.8 Å². The van der Waals surface area contributed by atoms with Gasteiger partial charge in [0.15, 0.2) is 11.5 Å².